The second-order valence-corrected chi connectivity index (χ2v) is 5.97. The van der Waals surface area contributed by atoms with Gasteiger partial charge in [0, 0.05) is 6.54 Å². The zero-order valence-electron chi connectivity index (χ0n) is 14.5. The largest absolute Gasteiger partial charge is 0.493 e. The van der Waals surface area contributed by atoms with Crippen molar-refractivity contribution in [2.75, 3.05) is 13.2 Å². The molecule has 0 saturated carbocycles. The van der Waals surface area contributed by atoms with E-state index in [1.165, 1.54) is 0 Å². The predicted octanol–water partition coefficient (Wildman–Crippen LogP) is 3.06. The van der Waals surface area contributed by atoms with Gasteiger partial charge in [-0.15, -0.1) is 0 Å². The van der Waals surface area contributed by atoms with E-state index in [0.717, 1.165) is 16.9 Å². The molecule has 132 valence electrons. The third-order valence-corrected chi connectivity index (χ3v) is 3.92. The predicted molar refractivity (Wildman–Crippen MR) is 95.9 cm³/mol. The second kappa shape index (κ2) is 8.87. The van der Waals surface area contributed by atoms with E-state index in [9.17, 15) is 14.7 Å². The molecule has 0 fully saturated rings. The third kappa shape index (κ3) is 5.64. The Labute approximate surface area is 147 Å². The maximum atomic E-state index is 11.9. The quantitative estimate of drug-likeness (QED) is 0.774. The molecule has 2 N–H and O–H groups in total. The van der Waals surface area contributed by atoms with Crippen LogP contribution in [0.5, 0.6) is 5.75 Å². The summed E-state index contributed by atoms with van der Waals surface area (Å²) in [4.78, 5) is 23.3. The standard InChI is InChI=1S/C20H23NO4/c1-14-8-9-18(15(2)12-14)25-11-10-19(22)21-13-17(20(23)24)16-6-4-3-5-7-16/h3-9,12,17H,10-11,13H2,1-2H3,(H,21,22)(H,23,24). The van der Waals surface area contributed by atoms with E-state index in [1.54, 1.807) is 24.3 Å². The van der Waals surface area contributed by atoms with E-state index < -0.39 is 11.9 Å². The van der Waals surface area contributed by atoms with E-state index in [1.807, 2.05) is 38.1 Å². The number of aliphatic carboxylic acids is 1. The lowest BCUT2D eigenvalue weighted by Gasteiger charge is -2.14. The van der Waals surface area contributed by atoms with Crippen molar-refractivity contribution >= 4 is 11.9 Å². The number of carboxylic acids is 1. The summed E-state index contributed by atoms with van der Waals surface area (Å²) >= 11 is 0. The average molecular weight is 341 g/mol. The lowest BCUT2D eigenvalue weighted by atomic mass is 9.99. The molecular weight excluding hydrogens is 318 g/mol. The highest BCUT2D eigenvalue weighted by atomic mass is 16.5. The zero-order chi connectivity index (χ0) is 18.2. The Balaban J connectivity index is 1.80. The molecule has 0 spiro atoms. The number of nitrogens with one attached hydrogen (secondary N) is 1. The minimum absolute atomic E-state index is 0.0573. The number of ether oxygens (including phenoxy) is 1. The molecule has 0 heterocycles. The normalized spacial score (nSPS) is 11.6. The molecule has 0 aliphatic rings. The van der Waals surface area contributed by atoms with Crippen molar-refractivity contribution in [3.63, 3.8) is 0 Å². The topological polar surface area (TPSA) is 75.6 Å². The lowest BCUT2D eigenvalue weighted by Crippen LogP contribution is -2.32. The number of benzene rings is 2. The molecule has 0 aliphatic heterocycles. The first-order valence-electron chi connectivity index (χ1n) is 8.22. The molecule has 5 heteroatoms. The van der Waals surface area contributed by atoms with Gasteiger partial charge in [0.25, 0.3) is 0 Å². The molecular formula is C20H23NO4. The van der Waals surface area contributed by atoms with Gasteiger partial charge in [-0.2, -0.15) is 0 Å². The minimum Gasteiger partial charge on any atom is -0.493 e. The van der Waals surface area contributed by atoms with E-state index in [-0.39, 0.29) is 25.5 Å². The second-order valence-electron chi connectivity index (χ2n) is 5.97. The van der Waals surface area contributed by atoms with Crippen molar-refractivity contribution < 1.29 is 19.4 Å². The fourth-order valence-corrected chi connectivity index (χ4v) is 2.55. The fraction of sp³-hybridized carbons (Fsp3) is 0.300. The highest BCUT2D eigenvalue weighted by molar-refractivity contribution is 5.79. The van der Waals surface area contributed by atoms with Crippen LogP contribution in [0, 0.1) is 13.8 Å². The van der Waals surface area contributed by atoms with Crippen LogP contribution in [0.25, 0.3) is 0 Å². The molecule has 2 aromatic rings. The molecule has 0 saturated heterocycles. The molecule has 1 atom stereocenters. The van der Waals surface area contributed by atoms with Crippen LogP contribution in [0.15, 0.2) is 48.5 Å². The number of carboxylic acid groups (broad SMARTS) is 1. The summed E-state index contributed by atoms with van der Waals surface area (Å²) < 4.78 is 5.62. The molecule has 25 heavy (non-hydrogen) atoms. The molecule has 0 aromatic heterocycles. The fourth-order valence-electron chi connectivity index (χ4n) is 2.55. The number of carbonyl (C=O) groups is 2. The van der Waals surface area contributed by atoms with E-state index in [0.29, 0.717) is 5.56 Å². The first-order valence-corrected chi connectivity index (χ1v) is 8.22. The summed E-state index contributed by atoms with van der Waals surface area (Å²) in [5, 5.41) is 12.0. The maximum absolute atomic E-state index is 11.9. The van der Waals surface area contributed by atoms with Crippen LogP contribution in [0.2, 0.25) is 0 Å². The highest BCUT2D eigenvalue weighted by Crippen LogP contribution is 2.19. The first-order chi connectivity index (χ1) is 12.0. The van der Waals surface area contributed by atoms with Gasteiger partial charge in [0.05, 0.1) is 18.9 Å². The molecule has 0 radical (unpaired) electrons. The van der Waals surface area contributed by atoms with Crippen LogP contribution in [-0.2, 0) is 9.59 Å². The van der Waals surface area contributed by atoms with Crippen LogP contribution < -0.4 is 10.1 Å². The van der Waals surface area contributed by atoms with Gasteiger partial charge >= 0.3 is 5.97 Å². The Kier molecular flexibility index (Phi) is 6.57. The van der Waals surface area contributed by atoms with Gasteiger partial charge < -0.3 is 15.2 Å². The number of amides is 1. The number of rotatable bonds is 8. The molecule has 1 amide bonds. The number of hydrogen-bond acceptors (Lipinski definition) is 3. The number of aryl methyl sites for hydroxylation is 2. The van der Waals surface area contributed by atoms with Gasteiger partial charge in [0.2, 0.25) is 5.91 Å². The Morgan fingerprint density at radius 1 is 1.12 bits per heavy atom. The smallest absolute Gasteiger partial charge is 0.312 e. The molecule has 1 unspecified atom stereocenters. The Bertz CT molecular complexity index is 728. The van der Waals surface area contributed by atoms with Crippen molar-refractivity contribution in [3.8, 4) is 5.75 Å². The summed E-state index contributed by atoms with van der Waals surface area (Å²) in [5.41, 5.74) is 2.85. The highest BCUT2D eigenvalue weighted by Gasteiger charge is 2.20. The van der Waals surface area contributed by atoms with Crippen LogP contribution in [0.1, 0.15) is 29.0 Å². The van der Waals surface area contributed by atoms with Gasteiger partial charge in [0.1, 0.15) is 5.75 Å². The zero-order valence-corrected chi connectivity index (χ0v) is 14.5. The summed E-state index contributed by atoms with van der Waals surface area (Å²) in [5.74, 6) is -1.19. The molecule has 5 nitrogen and oxygen atoms in total. The van der Waals surface area contributed by atoms with Crippen molar-refractivity contribution in [1.29, 1.82) is 0 Å². The average Bonchev–Trinajstić information content (AvgIpc) is 2.57. The van der Waals surface area contributed by atoms with Gasteiger partial charge in [-0.3, -0.25) is 9.59 Å². The van der Waals surface area contributed by atoms with Gasteiger partial charge in [-0.25, -0.2) is 0 Å². The van der Waals surface area contributed by atoms with Crippen LogP contribution in [0.3, 0.4) is 0 Å². The Morgan fingerprint density at radius 2 is 1.84 bits per heavy atom. The maximum Gasteiger partial charge on any atom is 0.312 e. The van der Waals surface area contributed by atoms with Gasteiger partial charge in [-0.05, 0) is 31.0 Å². The molecule has 2 aromatic carbocycles. The third-order valence-electron chi connectivity index (χ3n) is 3.92. The summed E-state index contributed by atoms with van der Waals surface area (Å²) in [6.07, 6.45) is 0.175. The van der Waals surface area contributed by atoms with Gasteiger partial charge in [-0.1, -0.05) is 48.0 Å². The van der Waals surface area contributed by atoms with E-state index in [4.69, 9.17) is 4.74 Å². The SMILES string of the molecule is Cc1ccc(OCCC(=O)NCC(C(=O)O)c2ccccc2)c(C)c1. The summed E-state index contributed by atoms with van der Waals surface area (Å²) in [7, 11) is 0. The molecule has 0 bridgehead atoms. The number of hydrogen-bond donors (Lipinski definition) is 2. The Morgan fingerprint density at radius 3 is 2.48 bits per heavy atom. The summed E-state index contributed by atoms with van der Waals surface area (Å²) in [6.45, 7) is 4.27. The van der Waals surface area contributed by atoms with Crippen molar-refractivity contribution in [1.82, 2.24) is 5.32 Å². The van der Waals surface area contributed by atoms with E-state index >= 15 is 0 Å². The lowest BCUT2D eigenvalue weighted by molar-refractivity contribution is -0.138. The molecule has 0 aliphatic carbocycles. The van der Waals surface area contributed by atoms with Crippen molar-refractivity contribution in [3.05, 3.63) is 65.2 Å². The van der Waals surface area contributed by atoms with Crippen LogP contribution in [0.4, 0.5) is 0 Å². The monoisotopic (exact) mass is 341 g/mol. The van der Waals surface area contributed by atoms with Gasteiger partial charge in [0.15, 0.2) is 0 Å². The first kappa shape index (κ1) is 18.5. The van der Waals surface area contributed by atoms with Crippen LogP contribution >= 0.6 is 0 Å². The number of carbonyl (C=O) groups excluding carboxylic acids is 1. The van der Waals surface area contributed by atoms with E-state index in [2.05, 4.69) is 5.32 Å². The Hall–Kier alpha value is -2.82. The minimum atomic E-state index is -0.960. The molecule has 2 rings (SSSR count). The summed E-state index contributed by atoms with van der Waals surface area (Å²) in [6, 6.07) is 14.7. The van der Waals surface area contributed by atoms with Crippen molar-refractivity contribution in [2.24, 2.45) is 0 Å². The van der Waals surface area contributed by atoms with Crippen LogP contribution in [-0.4, -0.2) is 30.1 Å². The van der Waals surface area contributed by atoms with Crippen molar-refractivity contribution in [2.45, 2.75) is 26.2 Å².